The maximum absolute atomic E-state index is 12.2. The fourth-order valence-electron chi connectivity index (χ4n) is 2.70. The third-order valence-electron chi connectivity index (χ3n) is 3.69. The lowest BCUT2D eigenvalue weighted by molar-refractivity contribution is 0.514. The van der Waals surface area contributed by atoms with Crippen LogP contribution in [0.1, 0.15) is 19.4 Å². The smallest absolute Gasteiger partial charge is 0.328 e. The number of hydrogen-bond acceptors (Lipinski definition) is 4. The maximum Gasteiger partial charge on any atom is 0.332 e. The summed E-state index contributed by atoms with van der Waals surface area (Å²) in [5, 5.41) is 0. The average Bonchev–Trinajstić information content (AvgIpc) is 2.41. The van der Waals surface area contributed by atoms with Gasteiger partial charge in [0.25, 0.3) is 5.56 Å². The van der Waals surface area contributed by atoms with Crippen LogP contribution in [0.5, 0.6) is 0 Å². The zero-order valence-corrected chi connectivity index (χ0v) is 12.0. The summed E-state index contributed by atoms with van der Waals surface area (Å²) < 4.78 is 2.56. The van der Waals surface area contributed by atoms with Gasteiger partial charge in [-0.05, 0) is 25.0 Å². The molecule has 0 spiro atoms. The van der Waals surface area contributed by atoms with Crippen molar-refractivity contribution in [3.63, 3.8) is 0 Å². The van der Waals surface area contributed by atoms with Gasteiger partial charge in [-0.1, -0.05) is 6.08 Å². The van der Waals surface area contributed by atoms with Crippen LogP contribution in [0.2, 0.25) is 0 Å². The monoisotopic (exact) mass is 272 g/mol. The number of nitrogens with zero attached hydrogens (tertiary/aromatic N) is 4. The van der Waals surface area contributed by atoms with Gasteiger partial charge in [0.2, 0.25) is 0 Å². The van der Waals surface area contributed by atoms with E-state index in [0.717, 1.165) is 21.5 Å². The minimum absolute atomic E-state index is 0.274. The Kier molecular flexibility index (Phi) is 2.57. The van der Waals surface area contributed by atoms with Crippen molar-refractivity contribution in [3.8, 4) is 0 Å². The quantitative estimate of drug-likeness (QED) is 0.701. The first-order valence-corrected chi connectivity index (χ1v) is 6.41. The van der Waals surface area contributed by atoms with Gasteiger partial charge >= 0.3 is 5.69 Å². The van der Waals surface area contributed by atoms with Crippen molar-refractivity contribution in [1.29, 1.82) is 0 Å². The molecule has 20 heavy (non-hydrogen) atoms. The zero-order valence-electron chi connectivity index (χ0n) is 12.0. The summed E-state index contributed by atoms with van der Waals surface area (Å²) in [6.45, 7) is 4.43. The Morgan fingerprint density at radius 2 is 1.85 bits per heavy atom. The van der Waals surface area contributed by atoms with Crippen molar-refractivity contribution in [2.24, 2.45) is 19.1 Å². The SMILES string of the molecule is CC1=CN2Cc3c(n(C)c(=O)n(C)c3=O)N=C2C(C)=C1. The molecule has 0 aromatic carbocycles. The van der Waals surface area contributed by atoms with Gasteiger partial charge in [-0.25, -0.2) is 9.79 Å². The number of allylic oxidation sites excluding steroid dienone is 2. The van der Waals surface area contributed by atoms with Crippen LogP contribution < -0.4 is 11.2 Å². The first kappa shape index (κ1) is 12.7. The molecule has 0 N–H and O–H groups in total. The molecule has 2 aliphatic heterocycles. The van der Waals surface area contributed by atoms with E-state index in [1.165, 1.54) is 11.6 Å². The fourth-order valence-corrected chi connectivity index (χ4v) is 2.70. The topological polar surface area (TPSA) is 59.6 Å². The third kappa shape index (κ3) is 1.61. The van der Waals surface area contributed by atoms with Crippen LogP contribution >= 0.6 is 0 Å². The molecule has 0 saturated carbocycles. The molecule has 0 amide bonds. The summed E-state index contributed by atoms with van der Waals surface area (Å²) in [5.41, 5.74) is 2.08. The third-order valence-corrected chi connectivity index (χ3v) is 3.69. The molecule has 1 aromatic heterocycles. The Labute approximate surface area is 116 Å². The summed E-state index contributed by atoms with van der Waals surface area (Å²) >= 11 is 0. The van der Waals surface area contributed by atoms with Gasteiger partial charge in [0.1, 0.15) is 11.7 Å². The highest BCUT2D eigenvalue weighted by Gasteiger charge is 2.26. The van der Waals surface area contributed by atoms with Crippen LogP contribution in [0.15, 0.2) is 38.0 Å². The van der Waals surface area contributed by atoms with Crippen molar-refractivity contribution >= 4 is 11.7 Å². The highest BCUT2D eigenvalue weighted by Crippen LogP contribution is 2.27. The maximum atomic E-state index is 12.2. The normalized spacial score (nSPS) is 17.0. The van der Waals surface area contributed by atoms with Crippen molar-refractivity contribution in [3.05, 3.63) is 49.8 Å². The highest BCUT2D eigenvalue weighted by atomic mass is 16.2. The predicted octanol–water partition coefficient (Wildman–Crippen LogP) is 0.793. The summed E-state index contributed by atoms with van der Waals surface area (Å²) in [5.74, 6) is 1.26. The van der Waals surface area contributed by atoms with Crippen LogP contribution in [-0.4, -0.2) is 19.9 Å². The molecule has 6 heteroatoms. The number of aromatic nitrogens is 2. The van der Waals surface area contributed by atoms with Gasteiger partial charge in [-0.15, -0.1) is 0 Å². The standard InChI is InChI=1S/C14H16N4O2/c1-8-5-9(2)11-15-12-10(7-18(11)6-8)13(19)17(4)14(20)16(12)3/h5-6H,7H2,1-4H3. The van der Waals surface area contributed by atoms with Gasteiger partial charge in [0.15, 0.2) is 0 Å². The summed E-state index contributed by atoms with van der Waals surface area (Å²) in [7, 11) is 3.13. The van der Waals surface area contributed by atoms with E-state index in [4.69, 9.17) is 0 Å². The van der Waals surface area contributed by atoms with E-state index in [0.29, 0.717) is 17.9 Å². The molecule has 0 atom stereocenters. The van der Waals surface area contributed by atoms with Crippen molar-refractivity contribution in [1.82, 2.24) is 14.0 Å². The minimum Gasteiger partial charge on any atom is -0.328 e. The van der Waals surface area contributed by atoms with Crippen LogP contribution in [0.25, 0.3) is 0 Å². The molecule has 3 rings (SSSR count). The molecule has 0 bridgehead atoms. The Morgan fingerprint density at radius 1 is 1.15 bits per heavy atom. The first-order chi connectivity index (χ1) is 9.40. The largest absolute Gasteiger partial charge is 0.332 e. The summed E-state index contributed by atoms with van der Waals surface area (Å²) in [6.07, 6.45) is 4.01. The average molecular weight is 272 g/mol. The Bertz CT molecular complexity index is 821. The van der Waals surface area contributed by atoms with E-state index in [1.54, 1.807) is 7.05 Å². The fraction of sp³-hybridized carbons (Fsp3) is 0.357. The second kappa shape index (κ2) is 4.06. The molecule has 0 radical (unpaired) electrons. The first-order valence-electron chi connectivity index (χ1n) is 6.41. The number of aliphatic imine (C=N–C) groups is 1. The minimum atomic E-state index is -0.351. The Morgan fingerprint density at radius 3 is 2.55 bits per heavy atom. The molecule has 0 saturated heterocycles. The second-order valence-corrected chi connectivity index (χ2v) is 5.27. The van der Waals surface area contributed by atoms with Crippen molar-refractivity contribution in [2.45, 2.75) is 20.4 Å². The highest BCUT2D eigenvalue weighted by molar-refractivity contribution is 6.02. The summed E-state index contributed by atoms with van der Waals surface area (Å²) in [4.78, 5) is 30.7. The molecule has 2 aliphatic rings. The number of rotatable bonds is 0. The molecule has 0 aliphatic carbocycles. The van der Waals surface area contributed by atoms with E-state index < -0.39 is 0 Å². The van der Waals surface area contributed by atoms with Crippen LogP contribution in [0, 0.1) is 0 Å². The number of hydrogen-bond donors (Lipinski definition) is 0. The lowest BCUT2D eigenvalue weighted by Crippen LogP contribution is -2.43. The van der Waals surface area contributed by atoms with Crippen molar-refractivity contribution < 1.29 is 0 Å². The van der Waals surface area contributed by atoms with E-state index in [2.05, 4.69) is 4.99 Å². The van der Waals surface area contributed by atoms with Gasteiger partial charge in [0.05, 0.1) is 12.1 Å². The zero-order chi connectivity index (χ0) is 14.6. The molecule has 6 nitrogen and oxygen atoms in total. The van der Waals surface area contributed by atoms with E-state index >= 15 is 0 Å². The van der Waals surface area contributed by atoms with Gasteiger partial charge in [-0.2, -0.15) is 0 Å². The lowest BCUT2D eigenvalue weighted by atomic mass is 10.1. The van der Waals surface area contributed by atoms with Crippen LogP contribution in [-0.2, 0) is 20.6 Å². The van der Waals surface area contributed by atoms with E-state index in [9.17, 15) is 9.59 Å². The van der Waals surface area contributed by atoms with Crippen LogP contribution in [0.4, 0.5) is 5.82 Å². The van der Waals surface area contributed by atoms with Gasteiger partial charge < -0.3 is 4.90 Å². The van der Waals surface area contributed by atoms with Crippen LogP contribution in [0.3, 0.4) is 0 Å². The van der Waals surface area contributed by atoms with Gasteiger partial charge in [-0.3, -0.25) is 13.9 Å². The van der Waals surface area contributed by atoms with Gasteiger partial charge in [0, 0.05) is 20.3 Å². The second-order valence-electron chi connectivity index (χ2n) is 5.27. The predicted molar refractivity (Wildman–Crippen MR) is 77.1 cm³/mol. The van der Waals surface area contributed by atoms with Crippen molar-refractivity contribution in [2.75, 3.05) is 0 Å². The molecule has 0 unspecified atom stereocenters. The molecule has 0 fully saturated rings. The van der Waals surface area contributed by atoms with E-state index in [-0.39, 0.29) is 11.2 Å². The Hall–Kier alpha value is -2.37. The van der Waals surface area contributed by atoms with E-state index in [1.807, 2.05) is 31.0 Å². The molecular weight excluding hydrogens is 256 g/mol. The lowest BCUT2D eigenvalue weighted by Gasteiger charge is -2.31. The number of fused-ring (bicyclic) bond motifs is 2. The molecule has 3 heterocycles. The molecule has 1 aromatic rings. The molecular formula is C14H16N4O2. The Balaban J connectivity index is 2.32. The summed E-state index contributed by atoms with van der Waals surface area (Å²) in [6, 6.07) is 0. The number of amidine groups is 1. The molecule has 104 valence electrons.